The van der Waals surface area contributed by atoms with Crippen LogP contribution in [0.2, 0.25) is 0 Å². The lowest BCUT2D eigenvalue weighted by molar-refractivity contribution is -0.136. The minimum Gasteiger partial charge on any atom is -0.497 e. The molecule has 24 heavy (non-hydrogen) atoms. The van der Waals surface area contributed by atoms with Crippen molar-refractivity contribution in [1.29, 1.82) is 0 Å². The van der Waals surface area contributed by atoms with Gasteiger partial charge in [-0.3, -0.25) is 9.59 Å². The average Bonchev–Trinajstić information content (AvgIpc) is 3.20. The van der Waals surface area contributed by atoms with Gasteiger partial charge in [0.2, 0.25) is 11.8 Å². The van der Waals surface area contributed by atoms with Crippen LogP contribution in [0.5, 0.6) is 11.5 Å². The highest BCUT2D eigenvalue weighted by molar-refractivity contribution is 5.89. The molecule has 3 rings (SSSR count). The van der Waals surface area contributed by atoms with Gasteiger partial charge in [-0.15, -0.1) is 0 Å². The Balaban J connectivity index is 1.83. The number of likely N-dealkylation sites (tertiary alicyclic amines) is 2. The van der Waals surface area contributed by atoms with Gasteiger partial charge in [-0.2, -0.15) is 0 Å². The van der Waals surface area contributed by atoms with Crippen LogP contribution in [-0.4, -0.2) is 56.0 Å². The first-order chi connectivity index (χ1) is 11.5. The topological polar surface area (TPSA) is 59.1 Å². The fourth-order valence-corrected chi connectivity index (χ4v) is 3.71. The number of methoxy groups -OCH3 is 2. The van der Waals surface area contributed by atoms with Crippen LogP contribution in [0, 0.1) is 5.92 Å². The molecule has 0 N–H and O–H groups in total. The molecule has 130 valence electrons. The number of nitrogens with zero attached hydrogens (tertiary/aromatic N) is 2. The summed E-state index contributed by atoms with van der Waals surface area (Å²) >= 11 is 0. The van der Waals surface area contributed by atoms with Gasteiger partial charge < -0.3 is 19.3 Å². The van der Waals surface area contributed by atoms with Gasteiger partial charge in [0.1, 0.15) is 11.5 Å². The van der Waals surface area contributed by atoms with Gasteiger partial charge in [-0.05, 0) is 25.0 Å². The summed E-state index contributed by atoms with van der Waals surface area (Å²) in [6.07, 6.45) is 2.19. The first-order valence-corrected chi connectivity index (χ1v) is 8.31. The monoisotopic (exact) mass is 332 g/mol. The molecule has 2 aliphatic heterocycles. The minimum absolute atomic E-state index is 0.000589. The number of hydrogen-bond donors (Lipinski definition) is 0. The Hall–Kier alpha value is -2.24. The number of carbonyl (C=O) groups excluding carboxylic acids is 2. The predicted octanol–water partition coefficient (Wildman–Crippen LogP) is 1.85. The van der Waals surface area contributed by atoms with Crippen LogP contribution >= 0.6 is 0 Å². The second-order valence-electron chi connectivity index (χ2n) is 6.47. The zero-order valence-electron chi connectivity index (χ0n) is 14.4. The van der Waals surface area contributed by atoms with Crippen molar-refractivity contribution in [3.8, 4) is 11.5 Å². The van der Waals surface area contributed by atoms with E-state index in [1.807, 2.05) is 23.1 Å². The fourth-order valence-electron chi connectivity index (χ4n) is 3.71. The van der Waals surface area contributed by atoms with Gasteiger partial charge in [0.25, 0.3) is 0 Å². The smallest absolute Gasteiger partial charge is 0.228 e. The first kappa shape index (κ1) is 16.6. The van der Waals surface area contributed by atoms with Crippen LogP contribution in [0.25, 0.3) is 0 Å². The van der Waals surface area contributed by atoms with E-state index in [1.54, 1.807) is 26.2 Å². The lowest BCUT2D eigenvalue weighted by atomic mass is 10.0. The second kappa shape index (κ2) is 6.71. The summed E-state index contributed by atoms with van der Waals surface area (Å²) in [6, 6.07) is 5.72. The van der Waals surface area contributed by atoms with Crippen molar-refractivity contribution < 1.29 is 19.1 Å². The molecule has 2 atom stereocenters. The maximum absolute atomic E-state index is 12.9. The maximum Gasteiger partial charge on any atom is 0.228 e. The number of ether oxygens (including phenoxy) is 2. The van der Waals surface area contributed by atoms with Crippen molar-refractivity contribution in [2.45, 2.75) is 25.3 Å². The number of amides is 2. The molecule has 6 nitrogen and oxygen atoms in total. The molecule has 0 spiro atoms. The van der Waals surface area contributed by atoms with Crippen LogP contribution in [-0.2, 0) is 9.59 Å². The molecule has 0 bridgehead atoms. The van der Waals surface area contributed by atoms with Crippen molar-refractivity contribution in [3.05, 3.63) is 23.8 Å². The van der Waals surface area contributed by atoms with Gasteiger partial charge in [-0.1, -0.05) is 0 Å². The lowest BCUT2D eigenvalue weighted by Crippen LogP contribution is -2.36. The van der Waals surface area contributed by atoms with Crippen LogP contribution in [0.3, 0.4) is 0 Å². The quantitative estimate of drug-likeness (QED) is 0.844. The third kappa shape index (κ3) is 2.92. The van der Waals surface area contributed by atoms with Gasteiger partial charge in [0, 0.05) is 38.2 Å². The predicted molar refractivity (Wildman–Crippen MR) is 89.0 cm³/mol. The van der Waals surface area contributed by atoms with Gasteiger partial charge >= 0.3 is 0 Å². The Bertz CT molecular complexity index is 646. The average molecular weight is 332 g/mol. The number of benzene rings is 1. The molecule has 0 radical (unpaired) electrons. The molecule has 2 fully saturated rings. The van der Waals surface area contributed by atoms with E-state index in [-0.39, 0.29) is 23.8 Å². The third-order valence-electron chi connectivity index (χ3n) is 5.03. The van der Waals surface area contributed by atoms with Crippen molar-refractivity contribution in [3.63, 3.8) is 0 Å². The van der Waals surface area contributed by atoms with E-state index in [0.29, 0.717) is 13.0 Å². The summed E-state index contributed by atoms with van der Waals surface area (Å²) in [7, 11) is 5.00. The van der Waals surface area contributed by atoms with E-state index in [4.69, 9.17) is 9.47 Å². The highest BCUT2D eigenvalue weighted by Crippen LogP contribution is 2.39. The molecular formula is C18H24N2O4. The highest BCUT2D eigenvalue weighted by atomic mass is 16.5. The standard InChI is InChI=1S/C18H24N2O4/c1-19-11-12(9-17(19)21)18(22)20-8-4-5-15(20)14-7-6-13(23-2)10-16(14)24-3/h6-7,10,12,15H,4-5,8-9,11H2,1-3H3/t12-,15-/m1/s1. The minimum atomic E-state index is -0.229. The first-order valence-electron chi connectivity index (χ1n) is 8.31. The Kier molecular flexibility index (Phi) is 4.64. The summed E-state index contributed by atoms with van der Waals surface area (Å²) in [5.41, 5.74) is 1.00. The van der Waals surface area contributed by atoms with Crippen molar-refractivity contribution in [2.75, 3.05) is 34.4 Å². The molecular weight excluding hydrogens is 308 g/mol. The van der Waals surface area contributed by atoms with Crippen LogP contribution < -0.4 is 9.47 Å². The van der Waals surface area contributed by atoms with Crippen LogP contribution in [0.4, 0.5) is 0 Å². The summed E-state index contributed by atoms with van der Waals surface area (Å²) < 4.78 is 10.8. The van der Waals surface area contributed by atoms with E-state index < -0.39 is 0 Å². The zero-order chi connectivity index (χ0) is 17.3. The van der Waals surface area contributed by atoms with E-state index in [1.165, 1.54) is 0 Å². The maximum atomic E-state index is 12.9. The Morgan fingerprint density at radius 3 is 2.67 bits per heavy atom. The molecule has 6 heteroatoms. The van der Waals surface area contributed by atoms with Crippen LogP contribution in [0.1, 0.15) is 30.9 Å². The molecule has 1 aromatic rings. The van der Waals surface area contributed by atoms with E-state index in [2.05, 4.69) is 0 Å². The molecule has 0 aliphatic carbocycles. The Labute approximate surface area is 142 Å². The summed E-state index contributed by atoms with van der Waals surface area (Å²) in [6.45, 7) is 1.24. The number of carbonyl (C=O) groups is 2. The molecule has 1 aromatic carbocycles. The molecule has 2 heterocycles. The van der Waals surface area contributed by atoms with E-state index >= 15 is 0 Å². The van der Waals surface area contributed by atoms with E-state index in [9.17, 15) is 9.59 Å². The third-order valence-corrected chi connectivity index (χ3v) is 5.03. The zero-order valence-corrected chi connectivity index (χ0v) is 14.4. The summed E-state index contributed by atoms with van der Waals surface area (Å²) in [5.74, 6) is 1.36. The Morgan fingerprint density at radius 1 is 1.25 bits per heavy atom. The van der Waals surface area contributed by atoms with E-state index in [0.717, 1.165) is 36.4 Å². The number of rotatable bonds is 4. The summed E-state index contributed by atoms with van der Waals surface area (Å²) in [4.78, 5) is 28.2. The molecule has 0 saturated carbocycles. The van der Waals surface area contributed by atoms with Gasteiger partial charge in [0.15, 0.2) is 0 Å². The van der Waals surface area contributed by atoms with Gasteiger partial charge in [-0.25, -0.2) is 0 Å². The number of hydrogen-bond acceptors (Lipinski definition) is 4. The second-order valence-corrected chi connectivity index (χ2v) is 6.47. The highest BCUT2D eigenvalue weighted by Gasteiger charge is 2.39. The molecule has 2 aliphatic rings. The summed E-state index contributed by atoms with van der Waals surface area (Å²) in [5, 5.41) is 0. The van der Waals surface area contributed by atoms with Gasteiger partial charge in [0.05, 0.1) is 26.2 Å². The lowest BCUT2D eigenvalue weighted by Gasteiger charge is -2.28. The fraction of sp³-hybridized carbons (Fsp3) is 0.556. The SMILES string of the molecule is COc1ccc([C@H]2CCCN2C(=O)[C@@H]2CC(=O)N(C)C2)c(OC)c1. The van der Waals surface area contributed by atoms with Crippen molar-refractivity contribution >= 4 is 11.8 Å². The Morgan fingerprint density at radius 2 is 2.04 bits per heavy atom. The normalized spacial score (nSPS) is 23.7. The molecule has 0 unspecified atom stereocenters. The van der Waals surface area contributed by atoms with Crippen molar-refractivity contribution in [2.24, 2.45) is 5.92 Å². The van der Waals surface area contributed by atoms with Crippen molar-refractivity contribution in [1.82, 2.24) is 9.80 Å². The molecule has 2 amide bonds. The van der Waals surface area contributed by atoms with Crippen LogP contribution in [0.15, 0.2) is 18.2 Å². The largest absolute Gasteiger partial charge is 0.497 e. The molecule has 0 aromatic heterocycles. The molecule has 2 saturated heterocycles.